The molecular weight excluding hydrogens is 514 g/mol. The molecular formula is C35H51NO5. The van der Waals surface area contributed by atoms with Crippen molar-refractivity contribution in [2.75, 3.05) is 34.4 Å². The van der Waals surface area contributed by atoms with Crippen molar-refractivity contribution in [2.24, 2.45) is 34.5 Å². The molecule has 1 aromatic carbocycles. The molecule has 1 aromatic rings. The third kappa shape index (κ3) is 4.86. The molecule has 1 saturated heterocycles. The van der Waals surface area contributed by atoms with E-state index in [4.69, 9.17) is 18.9 Å². The van der Waals surface area contributed by atoms with Crippen LogP contribution in [0.4, 0.5) is 0 Å². The third-order valence-corrected chi connectivity index (χ3v) is 12.4. The summed E-state index contributed by atoms with van der Waals surface area (Å²) in [5.41, 5.74) is 2.63. The molecule has 0 radical (unpaired) electrons. The molecule has 6 rings (SSSR count). The van der Waals surface area contributed by atoms with Crippen LogP contribution in [0.5, 0.6) is 17.2 Å². The zero-order valence-corrected chi connectivity index (χ0v) is 26.2. The highest BCUT2D eigenvalue weighted by Gasteiger charge is 2.62. The second-order valence-electron chi connectivity index (χ2n) is 14.2. The Labute approximate surface area is 247 Å². The van der Waals surface area contributed by atoms with E-state index in [0.717, 1.165) is 36.3 Å². The van der Waals surface area contributed by atoms with E-state index in [1.807, 2.05) is 12.1 Å². The molecule has 0 spiro atoms. The Kier molecular flexibility index (Phi) is 7.84. The molecule has 0 amide bonds. The highest BCUT2D eigenvalue weighted by Crippen LogP contribution is 2.67. The summed E-state index contributed by atoms with van der Waals surface area (Å²) in [5, 5.41) is 0. The van der Waals surface area contributed by atoms with Crippen LogP contribution >= 0.6 is 0 Å². The lowest BCUT2D eigenvalue weighted by atomic mass is 9.45. The van der Waals surface area contributed by atoms with E-state index >= 15 is 0 Å². The number of nitrogens with zero attached hydrogens (tertiary/aromatic N) is 1. The zero-order valence-electron chi connectivity index (χ0n) is 26.2. The summed E-state index contributed by atoms with van der Waals surface area (Å²) >= 11 is 0. The minimum absolute atomic E-state index is 0.0325. The van der Waals surface area contributed by atoms with Gasteiger partial charge in [0, 0.05) is 18.4 Å². The fraction of sp³-hybridized carbons (Fsp3) is 0.743. The predicted molar refractivity (Wildman–Crippen MR) is 161 cm³/mol. The summed E-state index contributed by atoms with van der Waals surface area (Å²) in [6.45, 7) is 9.27. The van der Waals surface area contributed by atoms with Crippen molar-refractivity contribution < 1.29 is 23.7 Å². The number of methoxy groups -OCH3 is 3. The quantitative estimate of drug-likeness (QED) is 0.342. The Balaban J connectivity index is 1.29. The number of ether oxygens (including phenoxy) is 4. The molecule has 41 heavy (non-hydrogen) atoms. The molecule has 8 atom stereocenters. The van der Waals surface area contributed by atoms with Crippen LogP contribution in [0.3, 0.4) is 0 Å². The molecule has 0 bridgehead atoms. The van der Waals surface area contributed by atoms with Crippen LogP contribution in [0, 0.1) is 34.5 Å². The van der Waals surface area contributed by atoms with Crippen LogP contribution in [-0.4, -0.2) is 57.4 Å². The summed E-state index contributed by atoms with van der Waals surface area (Å²) < 4.78 is 23.0. The molecule has 4 saturated carbocycles. The van der Waals surface area contributed by atoms with Gasteiger partial charge in [-0.3, -0.25) is 4.79 Å². The minimum Gasteiger partial charge on any atom is -0.493 e. The van der Waals surface area contributed by atoms with Gasteiger partial charge in [0.15, 0.2) is 11.5 Å². The van der Waals surface area contributed by atoms with Gasteiger partial charge in [-0.2, -0.15) is 0 Å². The maximum atomic E-state index is 12.5. The Hall–Kier alpha value is -2.21. The summed E-state index contributed by atoms with van der Waals surface area (Å²) in [4.78, 5) is 15.3. The van der Waals surface area contributed by atoms with E-state index in [1.54, 1.807) is 28.3 Å². The molecule has 1 heterocycles. The topological polar surface area (TPSA) is 57.2 Å². The van der Waals surface area contributed by atoms with Crippen molar-refractivity contribution in [3.8, 4) is 17.2 Å². The average molecular weight is 566 g/mol. The van der Waals surface area contributed by atoms with Crippen molar-refractivity contribution in [1.29, 1.82) is 0 Å². The summed E-state index contributed by atoms with van der Waals surface area (Å²) in [6.07, 6.45) is 15.0. The van der Waals surface area contributed by atoms with Crippen molar-refractivity contribution in [3.63, 3.8) is 0 Å². The van der Waals surface area contributed by atoms with Crippen LogP contribution in [0.25, 0.3) is 6.08 Å². The lowest BCUT2D eigenvalue weighted by molar-refractivity contribution is -0.160. The molecule has 4 unspecified atom stereocenters. The van der Waals surface area contributed by atoms with Crippen LogP contribution < -0.4 is 14.2 Å². The number of hydrogen-bond acceptors (Lipinski definition) is 6. The van der Waals surface area contributed by atoms with Crippen LogP contribution in [0.1, 0.15) is 90.5 Å². The van der Waals surface area contributed by atoms with Gasteiger partial charge in [-0.05, 0) is 130 Å². The Morgan fingerprint density at radius 3 is 2.22 bits per heavy atom. The molecule has 1 aliphatic heterocycles. The highest BCUT2D eigenvalue weighted by molar-refractivity contribution is 5.68. The van der Waals surface area contributed by atoms with Gasteiger partial charge in [-0.25, -0.2) is 0 Å². The Morgan fingerprint density at radius 2 is 1.59 bits per heavy atom. The largest absolute Gasteiger partial charge is 0.493 e. The number of hydrogen-bond donors (Lipinski definition) is 0. The maximum Gasteiger partial charge on any atom is 0.303 e. The SMILES string of the molecule is COc1cc(/C=C2\CC3C4CCC5C[C@@H](N6CCCC6)CC[C@]5(C)C4CC[C@]3(C)[C@H]2OC(C)=O)cc(OC)c1OC. The van der Waals surface area contributed by atoms with E-state index in [1.165, 1.54) is 70.0 Å². The maximum absolute atomic E-state index is 12.5. The lowest BCUT2D eigenvalue weighted by Crippen LogP contribution is -2.55. The molecule has 0 N–H and O–H groups in total. The van der Waals surface area contributed by atoms with Crippen molar-refractivity contribution in [1.82, 2.24) is 4.90 Å². The summed E-state index contributed by atoms with van der Waals surface area (Å²) in [7, 11) is 4.93. The van der Waals surface area contributed by atoms with Gasteiger partial charge in [-0.1, -0.05) is 19.9 Å². The first-order valence-electron chi connectivity index (χ1n) is 16.1. The fourth-order valence-corrected chi connectivity index (χ4v) is 10.4. The monoisotopic (exact) mass is 565 g/mol. The van der Waals surface area contributed by atoms with E-state index in [0.29, 0.717) is 34.5 Å². The standard InChI is InChI=1S/C35H51NO5/c1-22(37)41-33-24(17-23-18-30(38-4)32(40-6)31(19-23)39-5)20-29-27-10-9-25-21-26(36-15-7-8-16-36)11-13-34(25,2)28(27)12-14-35(29,33)3/h17-19,25-29,33H,7-16,20-21H2,1-6H3/b24-17+/t25?,26-,27?,28?,29?,33-,34-,35-/m0/s1. The number of carbonyl (C=O) groups excluding carboxylic acids is 1. The molecule has 4 aliphatic carbocycles. The first-order chi connectivity index (χ1) is 19.7. The van der Waals surface area contributed by atoms with E-state index in [-0.39, 0.29) is 17.5 Å². The number of likely N-dealkylation sites (tertiary alicyclic amines) is 1. The van der Waals surface area contributed by atoms with Gasteiger partial charge in [0.1, 0.15) is 6.10 Å². The minimum atomic E-state index is -0.193. The average Bonchev–Trinajstić information content (AvgIpc) is 3.59. The second kappa shape index (κ2) is 11.1. The number of carbonyl (C=O) groups is 1. The smallest absolute Gasteiger partial charge is 0.303 e. The van der Waals surface area contributed by atoms with Gasteiger partial charge >= 0.3 is 5.97 Å². The zero-order chi connectivity index (χ0) is 28.9. The molecule has 6 nitrogen and oxygen atoms in total. The Bertz CT molecular complexity index is 1150. The Morgan fingerprint density at radius 1 is 0.902 bits per heavy atom. The van der Waals surface area contributed by atoms with E-state index in [9.17, 15) is 4.79 Å². The first kappa shape index (κ1) is 28.9. The molecule has 5 fully saturated rings. The van der Waals surface area contributed by atoms with Crippen LogP contribution in [0.2, 0.25) is 0 Å². The summed E-state index contributed by atoms with van der Waals surface area (Å²) in [5.74, 6) is 4.54. The number of fused-ring (bicyclic) bond motifs is 5. The van der Waals surface area contributed by atoms with Gasteiger partial charge in [0.05, 0.1) is 21.3 Å². The van der Waals surface area contributed by atoms with Gasteiger partial charge in [0.2, 0.25) is 5.75 Å². The van der Waals surface area contributed by atoms with Crippen molar-refractivity contribution >= 4 is 12.0 Å². The lowest BCUT2D eigenvalue weighted by Gasteiger charge is -2.61. The normalized spacial score (nSPS) is 39.5. The van der Waals surface area contributed by atoms with Gasteiger partial charge < -0.3 is 23.8 Å². The van der Waals surface area contributed by atoms with Crippen LogP contribution in [0.15, 0.2) is 17.7 Å². The molecule has 5 aliphatic rings. The number of benzene rings is 1. The first-order valence-corrected chi connectivity index (χ1v) is 16.1. The number of esters is 1. The molecule has 0 aromatic heterocycles. The molecule has 226 valence electrons. The molecule has 6 heteroatoms. The summed E-state index contributed by atoms with van der Waals surface area (Å²) in [6, 6.07) is 4.81. The van der Waals surface area contributed by atoms with E-state index in [2.05, 4.69) is 24.8 Å². The van der Waals surface area contributed by atoms with Crippen molar-refractivity contribution in [2.45, 2.75) is 97.1 Å². The van der Waals surface area contributed by atoms with Gasteiger partial charge in [0.25, 0.3) is 0 Å². The predicted octanol–water partition coefficient (Wildman–Crippen LogP) is 7.14. The highest BCUT2D eigenvalue weighted by atomic mass is 16.5. The number of rotatable bonds is 6. The second-order valence-corrected chi connectivity index (χ2v) is 14.2. The van der Waals surface area contributed by atoms with Gasteiger partial charge in [-0.15, -0.1) is 0 Å². The third-order valence-electron chi connectivity index (χ3n) is 12.4. The van der Waals surface area contributed by atoms with Crippen LogP contribution in [-0.2, 0) is 9.53 Å². The fourth-order valence-electron chi connectivity index (χ4n) is 10.4. The van der Waals surface area contributed by atoms with Crippen molar-refractivity contribution in [3.05, 3.63) is 23.3 Å². The van der Waals surface area contributed by atoms with E-state index < -0.39 is 0 Å².